The summed E-state index contributed by atoms with van der Waals surface area (Å²) in [5, 5.41) is 3.51. The van der Waals surface area contributed by atoms with Crippen LogP contribution in [-0.4, -0.2) is 6.54 Å². The maximum absolute atomic E-state index is 3.51. The normalized spacial score (nSPS) is 14.2. The van der Waals surface area contributed by atoms with E-state index in [1.54, 1.807) is 0 Å². The fraction of sp³-hybridized carbons (Fsp3) is 0.368. The molecule has 0 saturated carbocycles. The number of aryl methyl sites for hydroxylation is 3. The lowest BCUT2D eigenvalue weighted by Crippen LogP contribution is -2.24. The summed E-state index contributed by atoms with van der Waals surface area (Å²) < 4.78 is 0. The molecule has 1 nitrogen and oxygen atoms in total. The van der Waals surface area contributed by atoms with E-state index in [1.807, 2.05) is 0 Å². The maximum Gasteiger partial charge on any atom is 0.0211 e. The lowest BCUT2D eigenvalue weighted by Gasteiger charge is -2.21. The molecule has 0 bridgehead atoms. The van der Waals surface area contributed by atoms with Crippen LogP contribution < -0.4 is 5.32 Å². The van der Waals surface area contributed by atoms with Crippen molar-refractivity contribution in [2.75, 3.05) is 6.54 Å². The highest BCUT2D eigenvalue weighted by molar-refractivity contribution is 5.44. The van der Waals surface area contributed by atoms with E-state index in [-0.39, 0.29) is 0 Å². The molecule has 3 rings (SSSR count). The zero-order chi connectivity index (χ0) is 14.1. The molecule has 0 amide bonds. The highest BCUT2D eigenvalue weighted by atomic mass is 14.9. The molecule has 0 atom stereocenters. The van der Waals surface area contributed by atoms with Crippen molar-refractivity contribution < 1.29 is 0 Å². The molecule has 0 saturated heterocycles. The molecule has 1 aliphatic rings. The van der Waals surface area contributed by atoms with Gasteiger partial charge in [0.05, 0.1) is 0 Å². The Morgan fingerprint density at radius 1 is 1.05 bits per heavy atom. The van der Waals surface area contributed by atoms with Gasteiger partial charge in [-0.25, -0.2) is 0 Å². The molecule has 104 valence electrons. The highest BCUT2D eigenvalue weighted by Crippen LogP contribution is 2.25. The number of benzene rings is 2. The van der Waals surface area contributed by atoms with Gasteiger partial charge in [0, 0.05) is 6.54 Å². The summed E-state index contributed by atoms with van der Waals surface area (Å²) in [7, 11) is 0. The van der Waals surface area contributed by atoms with Gasteiger partial charge in [0.25, 0.3) is 0 Å². The lowest BCUT2D eigenvalue weighted by molar-refractivity contribution is 0.638. The van der Waals surface area contributed by atoms with Crippen LogP contribution in [0.4, 0.5) is 0 Å². The quantitative estimate of drug-likeness (QED) is 0.869. The van der Waals surface area contributed by atoms with Gasteiger partial charge in [-0.15, -0.1) is 0 Å². The predicted octanol–water partition coefficient (Wildman–Crippen LogP) is 3.85. The van der Waals surface area contributed by atoms with Gasteiger partial charge in [0.1, 0.15) is 0 Å². The van der Waals surface area contributed by atoms with E-state index in [0.717, 1.165) is 25.9 Å². The Morgan fingerprint density at radius 3 is 2.55 bits per heavy atom. The Labute approximate surface area is 122 Å². The Kier molecular flexibility index (Phi) is 3.62. The van der Waals surface area contributed by atoms with E-state index in [0.29, 0.717) is 0 Å². The second-order valence-corrected chi connectivity index (χ2v) is 6.04. The Hall–Kier alpha value is -1.60. The summed E-state index contributed by atoms with van der Waals surface area (Å²) >= 11 is 0. The summed E-state index contributed by atoms with van der Waals surface area (Å²) in [5.74, 6) is 0. The minimum atomic E-state index is 1.02. The third kappa shape index (κ3) is 2.51. The van der Waals surface area contributed by atoms with Crippen molar-refractivity contribution in [2.45, 2.75) is 40.2 Å². The van der Waals surface area contributed by atoms with Crippen LogP contribution in [0.1, 0.15) is 38.9 Å². The van der Waals surface area contributed by atoms with Gasteiger partial charge in [-0.2, -0.15) is 0 Å². The van der Waals surface area contributed by atoms with Gasteiger partial charge in [0.2, 0.25) is 0 Å². The fourth-order valence-corrected chi connectivity index (χ4v) is 3.43. The minimum Gasteiger partial charge on any atom is -0.312 e. The van der Waals surface area contributed by atoms with Crippen molar-refractivity contribution in [3.05, 3.63) is 69.3 Å². The Balaban J connectivity index is 2.00. The molecule has 2 aromatic rings. The second kappa shape index (κ2) is 5.41. The van der Waals surface area contributed by atoms with E-state index in [9.17, 15) is 0 Å². The van der Waals surface area contributed by atoms with Crippen molar-refractivity contribution in [3.63, 3.8) is 0 Å². The SMILES string of the molecule is Cc1cc(C)c(Cc2cccc3c2CNCC3)c(C)c1. The van der Waals surface area contributed by atoms with Crippen LogP contribution in [0.25, 0.3) is 0 Å². The summed E-state index contributed by atoms with van der Waals surface area (Å²) in [5.41, 5.74) is 10.2. The highest BCUT2D eigenvalue weighted by Gasteiger charge is 2.14. The molecule has 2 aromatic carbocycles. The topological polar surface area (TPSA) is 12.0 Å². The maximum atomic E-state index is 3.51. The van der Waals surface area contributed by atoms with Crippen molar-refractivity contribution in [2.24, 2.45) is 0 Å². The second-order valence-electron chi connectivity index (χ2n) is 6.04. The first-order valence-corrected chi connectivity index (χ1v) is 7.52. The number of hydrogen-bond acceptors (Lipinski definition) is 1. The molecular weight excluding hydrogens is 242 g/mol. The van der Waals surface area contributed by atoms with Gasteiger partial charge < -0.3 is 5.32 Å². The summed E-state index contributed by atoms with van der Waals surface area (Å²) in [6, 6.07) is 11.4. The molecule has 0 fully saturated rings. The zero-order valence-corrected chi connectivity index (χ0v) is 12.7. The molecule has 0 unspecified atom stereocenters. The van der Waals surface area contributed by atoms with Crippen molar-refractivity contribution in [3.8, 4) is 0 Å². The lowest BCUT2D eigenvalue weighted by atomic mass is 9.89. The first-order chi connectivity index (χ1) is 9.65. The van der Waals surface area contributed by atoms with Crippen LogP contribution in [0.3, 0.4) is 0 Å². The standard InChI is InChI=1S/C19H23N/c1-13-9-14(2)18(15(3)10-13)11-17-6-4-5-16-7-8-20-12-19(16)17/h4-6,9-10,20H,7-8,11-12H2,1-3H3. The van der Waals surface area contributed by atoms with Gasteiger partial charge >= 0.3 is 0 Å². The van der Waals surface area contributed by atoms with Gasteiger partial charge in [-0.3, -0.25) is 0 Å². The zero-order valence-electron chi connectivity index (χ0n) is 12.7. The van der Waals surface area contributed by atoms with Crippen molar-refractivity contribution >= 4 is 0 Å². The van der Waals surface area contributed by atoms with Crippen LogP contribution in [0.2, 0.25) is 0 Å². The molecule has 1 N–H and O–H groups in total. The molecule has 0 aliphatic carbocycles. The monoisotopic (exact) mass is 265 g/mol. The third-order valence-electron chi connectivity index (χ3n) is 4.45. The summed E-state index contributed by atoms with van der Waals surface area (Å²) in [4.78, 5) is 0. The molecule has 20 heavy (non-hydrogen) atoms. The summed E-state index contributed by atoms with van der Waals surface area (Å²) in [6.07, 6.45) is 2.22. The van der Waals surface area contributed by atoms with Crippen LogP contribution in [0.15, 0.2) is 30.3 Å². The van der Waals surface area contributed by atoms with E-state index in [2.05, 4.69) is 56.4 Å². The van der Waals surface area contributed by atoms with Crippen LogP contribution >= 0.6 is 0 Å². The molecule has 1 heteroatoms. The van der Waals surface area contributed by atoms with E-state index >= 15 is 0 Å². The Morgan fingerprint density at radius 2 is 1.80 bits per heavy atom. The number of fused-ring (bicyclic) bond motifs is 1. The fourth-order valence-electron chi connectivity index (χ4n) is 3.43. The molecular formula is C19H23N. The molecule has 1 aliphatic heterocycles. The number of rotatable bonds is 2. The number of hydrogen-bond donors (Lipinski definition) is 1. The molecule has 0 radical (unpaired) electrons. The van der Waals surface area contributed by atoms with Gasteiger partial charge in [0.15, 0.2) is 0 Å². The van der Waals surface area contributed by atoms with Gasteiger partial charge in [-0.05, 0) is 73.5 Å². The van der Waals surface area contributed by atoms with E-state index < -0.39 is 0 Å². The summed E-state index contributed by atoms with van der Waals surface area (Å²) in [6.45, 7) is 8.79. The molecule has 1 heterocycles. The third-order valence-corrected chi connectivity index (χ3v) is 4.45. The predicted molar refractivity (Wildman–Crippen MR) is 85.3 cm³/mol. The number of nitrogens with one attached hydrogen (secondary N) is 1. The first-order valence-electron chi connectivity index (χ1n) is 7.52. The van der Waals surface area contributed by atoms with E-state index in [1.165, 1.54) is 38.9 Å². The van der Waals surface area contributed by atoms with Crippen LogP contribution in [0, 0.1) is 20.8 Å². The van der Waals surface area contributed by atoms with Crippen LogP contribution in [-0.2, 0) is 19.4 Å². The molecule has 0 aromatic heterocycles. The first kappa shape index (κ1) is 13.4. The average Bonchev–Trinajstić information content (AvgIpc) is 2.43. The molecule has 0 spiro atoms. The average molecular weight is 265 g/mol. The Bertz CT molecular complexity index is 617. The van der Waals surface area contributed by atoms with Gasteiger partial charge in [-0.1, -0.05) is 35.9 Å². The largest absolute Gasteiger partial charge is 0.312 e. The van der Waals surface area contributed by atoms with Crippen molar-refractivity contribution in [1.82, 2.24) is 5.32 Å². The van der Waals surface area contributed by atoms with E-state index in [4.69, 9.17) is 0 Å². The smallest absolute Gasteiger partial charge is 0.0211 e. The minimum absolute atomic E-state index is 1.02. The van der Waals surface area contributed by atoms with Crippen molar-refractivity contribution in [1.29, 1.82) is 0 Å². The van der Waals surface area contributed by atoms with Crippen LogP contribution in [0.5, 0.6) is 0 Å².